The number of urea groups is 1. The second-order valence-corrected chi connectivity index (χ2v) is 6.72. The number of hydrogen-bond donors (Lipinski definition) is 3. The van der Waals surface area contributed by atoms with Gasteiger partial charge in [-0.2, -0.15) is 0 Å². The number of carboxylic acid groups (broad SMARTS) is 1. The smallest absolute Gasteiger partial charge is 0.317 e. The molecular formula is C10H17N3O5S. The lowest BCUT2D eigenvalue weighted by atomic mass is 9.89. The summed E-state index contributed by atoms with van der Waals surface area (Å²) in [6.45, 7) is -0.0641. The van der Waals surface area contributed by atoms with E-state index in [2.05, 4.69) is 5.32 Å². The molecule has 0 radical (unpaired) electrons. The van der Waals surface area contributed by atoms with Crippen molar-refractivity contribution in [3.63, 3.8) is 0 Å². The maximum atomic E-state index is 11.9. The second kappa shape index (κ2) is 4.97. The van der Waals surface area contributed by atoms with Gasteiger partial charge in [0.1, 0.15) is 0 Å². The van der Waals surface area contributed by atoms with Crippen molar-refractivity contribution in [3.8, 4) is 0 Å². The number of hydrogen-bond acceptors (Lipinski definition) is 4. The molecule has 8 nitrogen and oxygen atoms in total. The summed E-state index contributed by atoms with van der Waals surface area (Å²) in [5, 5.41) is 16.4. The van der Waals surface area contributed by atoms with E-state index >= 15 is 0 Å². The van der Waals surface area contributed by atoms with Crippen molar-refractivity contribution in [2.45, 2.75) is 31.3 Å². The van der Waals surface area contributed by atoms with Crippen LogP contribution in [0.1, 0.15) is 19.3 Å². The van der Waals surface area contributed by atoms with Gasteiger partial charge in [-0.3, -0.25) is 4.79 Å². The topological polar surface area (TPSA) is 130 Å². The first kappa shape index (κ1) is 14.1. The highest BCUT2D eigenvalue weighted by Crippen LogP contribution is 2.41. The average molecular weight is 291 g/mol. The number of amides is 2. The van der Waals surface area contributed by atoms with Crippen LogP contribution in [0.15, 0.2) is 0 Å². The summed E-state index contributed by atoms with van der Waals surface area (Å²) in [5.41, 5.74) is 0. The molecule has 2 heterocycles. The van der Waals surface area contributed by atoms with Crippen LogP contribution in [0, 0.1) is 5.92 Å². The number of aliphatic carboxylic acids is 1. The molecule has 108 valence electrons. The zero-order chi connectivity index (χ0) is 14.2. The molecule has 0 aromatic rings. The Bertz CT molecular complexity index is 491. The number of carbonyl (C=O) groups excluding carboxylic acids is 1. The first-order chi connectivity index (χ1) is 8.79. The minimum Gasteiger partial charge on any atom is -0.481 e. The maximum absolute atomic E-state index is 11.9. The number of carboxylic acids is 1. The third-order valence-corrected chi connectivity index (χ3v) is 4.52. The predicted octanol–water partition coefficient (Wildman–Crippen LogP) is -1.08. The lowest BCUT2D eigenvalue weighted by molar-refractivity contribution is -0.142. The fourth-order valence-electron chi connectivity index (χ4n) is 2.96. The van der Waals surface area contributed by atoms with E-state index in [-0.39, 0.29) is 24.4 Å². The SMILES string of the molecule is NS(=O)(=O)CCNC(=O)N1C2CCC1C(C(=O)O)C2. The van der Waals surface area contributed by atoms with Crippen molar-refractivity contribution in [1.29, 1.82) is 0 Å². The Morgan fingerprint density at radius 1 is 1.37 bits per heavy atom. The van der Waals surface area contributed by atoms with Crippen LogP contribution in [-0.2, 0) is 14.8 Å². The molecule has 2 aliphatic rings. The van der Waals surface area contributed by atoms with Gasteiger partial charge in [-0.15, -0.1) is 0 Å². The van der Waals surface area contributed by atoms with E-state index in [1.165, 1.54) is 0 Å². The quantitative estimate of drug-likeness (QED) is 0.606. The molecule has 2 rings (SSSR count). The van der Waals surface area contributed by atoms with Gasteiger partial charge in [-0.05, 0) is 19.3 Å². The summed E-state index contributed by atoms with van der Waals surface area (Å²) in [4.78, 5) is 24.5. The molecule has 2 amide bonds. The van der Waals surface area contributed by atoms with Crippen LogP contribution in [0.4, 0.5) is 4.79 Å². The molecule has 9 heteroatoms. The van der Waals surface area contributed by atoms with E-state index in [0.29, 0.717) is 12.8 Å². The number of carbonyl (C=O) groups is 2. The van der Waals surface area contributed by atoms with Crippen molar-refractivity contribution in [1.82, 2.24) is 10.2 Å². The van der Waals surface area contributed by atoms with Gasteiger partial charge < -0.3 is 15.3 Å². The van der Waals surface area contributed by atoms with Gasteiger partial charge in [0.05, 0.1) is 11.7 Å². The van der Waals surface area contributed by atoms with Gasteiger partial charge in [0, 0.05) is 18.6 Å². The number of nitrogens with one attached hydrogen (secondary N) is 1. The van der Waals surface area contributed by atoms with Gasteiger partial charge in [-0.25, -0.2) is 18.4 Å². The van der Waals surface area contributed by atoms with E-state index in [4.69, 9.17) is 10.2 Å². The first-order valence-electron chi connectivity index (χ1n) is 6.09. The number of primary sulfonamides is 1. The number of nitrogens with two attached hydrogens (primary N) is 1. The largest absolute Gasteiger partial charge is 0.481 e. The highest BCUT2D eigenvalue weighted by atomic mass is 32.2. The van der Waals surface area contributed by atoms with E-state index in [9.17, 15) is 18.0 Å². The van der Waals surface area contributed by atoms with Crippen LogP contribution in [0.5, 0.6) is 0 Å². The van der Waals surface area contributed by atoms with Crippen LogP contribution in [0.2, 0.25) is 0 Å². The fraction of sp³-hybridized carbons (Fsp3) is 0.800. The molecule has 3 atom stereocenters. The first-order valence-corrected chi connectivity index (χ1v) is 7.80. The number of nitrogens with zero attached hydrogens (tertiary/aromatic N) is 1. The van der Waals surface area contributed by atoms with Crippen LogP contribution >= 0.6 is 0 Å². The van der Waals surface area contributed by atoms with Crippen LogP contribution in [0.25, 0.3) is 0 Å². The van der Waals surface area contributed by atoms with Crippen LogP contribution in [0.3, 0.4) is 0 Å². The summed E-state index contributed by atoms with van der Waals surface area (Å²) in [7, 11) is -3.61. The Morgan fingerprint density at radius 2 is 2.05 bits per heavy atom. The highest BCUT2D eigenvalue weighted by molar-refractivity contribution is 7.89. The summed E-state index contributed by atoms with van der Waals surface area (Å²) in [6.07, 6.45) is 1.96. The Hall–Kier alpha value is -1.35. The van der Waals surface area contributed by atoms with Crippen LogP contribution in [-0.4, -0.2) is 54.8 Å². The monoisotopic (exact) mass is 291 g/mol. The molecule has 3 unspecified atom stereocenters. The minimum atomic E-state index is -3.61. The molecule has 0 saturated carbocycles. The van der Waals surface area contributed by atoms with Crippen molar-refractivity contribution in [2.75, 3.05) is 12.3 Å². The number of rotatable bonds is 4. The van der Waals surface area contributed by atoms with Crippen molar-refractivity contribution < 1.29 is 23.1 Å². The van der Waals surface area contributed by atoms with E-state index in [1.54, 1.807) is 4.90 Å². The van der Waals surface area contributed by atoms with Gasteiger partial charge in [0.2, 0.25) is 10.0 Å². The maximum Gasteiger partial charge on any atom is 0.317 e. The highest BCUT2D eigenvalue weighted by Gasteiger charge is 2.51. The summed E-state index contributed by atoms with van der Waals surface area (Å²) in [6, 6.07) is -0.738. The van der Waals surface area contributed by atoms with Gasteiger partial charge in [-0.1, -0.05) is 0 Å². The van der Waals surface area contributed by atoms with Crippen molar-refractivity contribution in [3.05, 3.63) is 0 Å². The molecule has 0 aliphatic carbocycles. The molecular weight excluding hydrogens is 274 g/mol. The third kappa shape index (κ3) is 2.98. The molecule has 0 spiro atoms. The Balaban J connectivity index is 1.92. The second-order valence-electron chi connectivity index (χ2n) is 4.99. The van der Waals surface area contributed by atoms with E-state index in [0.717, 1.165) is 6.42 Å². The zero-order valence-corrected chi connectivity index (χ0v) is 11.1. The summed E-state index contributed by atoms with van der Waals surface area (Å²) < 4.78 is 21.5. The lowest BCUT2D eigenvalue weighted by Crippen LogP contribution is -2.45. The molecule has 19 heavy (non-hydrogen) atoms. The van der Waals surface area contributed by atoms with Gasteiger partial charge >= 0.3 is 12.0 Å². The van der Waals surface area contributed by atoms with Crippen molar-refractivity contribution in [2.24, 2.45) is 11.1 Å². The Kier molecular flexibility index (Phi) is 3.68. The number of fused-ring (bicyclic) bond motifs is 2. The Labute approximate surface area is 111 Å². The predicted molar refractivity (Wildman–Crippen MR) is 65.8 cm³/mol. The third-order valence-electron chi connectivity index (χ3n) is 3.75. The molecule has 4 N–H and O–H groups in total. The summed E-state index contributed by atoms with van der Waals surface area (Å²) in [5.74, 6) is -1.72. The number of sulfonamides is 1. The molecule has 2 bridgehead atoms. The zero-order valence-electron chi connectivity index (χ0n) is 10.3. The summed E-state index contributed by atoms with van der Waals surface area (Å²) >= 11 is 0. The normalized spacial score (nSPS) is 29.5. The molecule has 2 saturated heterocycles. The van der Waals surface area contributed by atoms with Crippen LogP contribution < -0.4 is 10.5 Å². The standard InChI is InChI=1S/C10H17N3O5S/c11-19(17,18)4-3-12-10(16)13-6-1-2-8(13)7(5-6)9(14)15/h6-8H,1-5H2,(H,12,16)(H,14,15)(H2,11,17,18). The molecule has 0 aromatic heterocycles. The van der Waals surface area contributed by atoms with Gasteiger partial charge in [0.15, 0.2) is 0 Å². The molecule has 2 aliphatic heterocycles. The average Bonchev–Trinajstić information content (AvgIpc) is 2.83. The van der Waals surface area contributed by atoms with E-state index in [1.807, 2.05) is 0 Å². The van der Waals surface area contributed by atoms with Crippen molar-refractivity contribution >= 4 is 22.0 Å². The van der Waals surface area contributed by atoms with Gasteiger partial charge in [0.25, 0.3) is 0 Å². The van der Waals surface area contributed by atoms with E-state index < -0.39 is 27.9 Å². The molecule has 0 aromatic carbocycles. The Morgan fingerprint density at radius 3 is 2.58 bits per heavy atom. The molecule has 2 fully saturated rings. The minimum absolute atomic E-state index is 0.0550. The lowest BCUT2D eigenvalue weighted by Gasteiger charge is -2.23. The fourth-order valence-corrected chi connectivity index (χ4v) is 3.35.